The maximum atomic E-state index is 13.7. The maximum absolute atomic E-state index is 13.7. The van der Waals surface area contributed by atoms with Crippen LogP contribution >= 0.6 is 0 Å². The summed E-state index contributed by atoms with van der Waals surface area (Å²) in [5, 5.41) is 10.8. The van der Waals surface area contributed by atoms with Gasteiger partial charge in [-0.15, -0.1) is 0 Å². The standard InChI is InChI=1S/C24H31N9O3/c1-27-24(36)31-23(25)28-14-8-13-20(30-21(34)15-29-32-26)22(35)33(16-18-9-4-2-5-10-18)17-19-11-6-3-7-12-19/h2-7,9-12,20,26H,8,13-17H2,1H3,(H4-,25,27,28,30,31,34,36)/p+1/t20-/m0/s1. The number of hydrogen-bond acceptors (Lipinski definition) is 6. The zero-order chi connectivity index (χ0) is 26.2. The van der Waals surface area contributed by atoms with E-state index in [1.54, 1.807) is 4.90 Å². The molecule has 36 heavy (non-hydrogen) atoms. The topological polar surface area (TPSA) is 179 Å². The zero-order valence-electron chi connectivity index (χ0n) is 20.2. The van der Waals surface area contributed by atoms with Gasteiger partial charge in [-0.1, -0.05) is 60.7 Å². The van der Waals surface area contributed by atoms with Crippen LogP contribution < -0.4 is 26.6 Å². The Morgan fingerprint density at radius 3 is 2.14 bits per heavy atom. The SMILES string of the molecule is CNC(=O)NC(N)=NCCC[C@H](NC(=O)CN=[N+]=N)C(=O)N(Cc1ccccc1)Cc1ccccc1. The molecule has 0 fully saturated rings. The number of benzene rings is 2. The van der Waals surface area contributed by atoms with Crippen LogP contribution in [0.5, 0.6) is 0 Å². The number of nitrogens with two attached hydrogens (primary N) is 1. The fraction of sp³-hybridized carbons (Fsp3) is 0.333. The fourth-order valence-electron chi connectivity index (χ4n) is 3.35. The number of rotatable bonds is 12. The van der Waals surface area contributed by atoms with Crippen molar-refractivity contribution in [2.24, 2.45) is 15.8 Å². The Kier molecular flexibility index (Phi) is 11.8. The second-order valence-corrected chi connectivity index (χ2v) is 7.80. The Labute approximate surface area is 209 Å². The van der Waals surface area contributed by atoms with E-state index < -0.39 is 18.0 Å². The van der Waals surface area contributed by atoms with Crippen LogP contribution in [0.1, 0.15) is 24.0 Å². The van der Waals surface area contributed by atoms with Crippen LogP contribution in [0.15, 0.2) is 70.8 Å². The summed E-state index contributed by atoms with van der Waals surface area (Å²) in [6.07, 6.45) is 0.691. The predicted molar refractivity (Wildman–Crippen MR) is 135 cm³/mol. The summed E-state index contributed by atoms with van der Waals surface area (Å²) in [5.74, 6) is -0.834. The molecule has 6 N–H and O–H groups in total. The largest absolute Gasteiger partial charge is 0.370 e. The highest BCUT2D eigenvalue weighted by atomic mass is 16.2. The third kappa shape index (κ3) is 10.1. The second-order valence-electron chi connectivity index (χ2n) is 7.80. The summed E-state index contributed by atoms with van der Waals surface area (Å²) < 4.78 is 0. The molecule has 0 heterocycles. The van der Waals surface area contributed by atoms with E-state index in [2.05, 4.69) is 31.0 Å². The number of carbonyl (C=O) groups is 3. The first-order valence-electron chi connectivity index (χ1n) is 11.4. The van der Waals surface area contributed by atoms with E-state index in [0.717, 1.165) is 11.1 Å². The van der Waals surface area contributed by atoms with E-state index in [9.17, 15) is 14.4 Å². The molecule has 0 unspecified atom stereocenters. The van der Waals surface area contributed by atoms with Crippen molar-refractivity contribution in [3.05, 3.63) is 71.8 Å². The van der Waals surface area contributed by atoms with Crippen molar-refractivity contribution in [2.45, 2.75) is 32.0 Å². The van der Waals surface area contributed by atoms with Crippen LogP contribution in [0.2, 0.25) is 0 Å². The lowest BCUT2D eigenvalue weighted by Crippen LogP contribution is -2.48. The van der Waals surface area contributed by atoms with Gasteiger partial charge < -0.3 is 21.3 Å². The Balaban J connectivity index is 2.18. The highest BCUT2D eigenvalue weighted by Gasteiger charge is 2.26. The van der Waals surface area contributed by atoms with E-state index in [1.807, 2.05) is 60.7 Å². The van der Waals surface area contributed by atoms with Crippen LogP contribution in [0.4, 0.5) is 4.79 Å². The number of amides is 4. The summed E-state index contributed by atoms with van der Waals surface area (Å²) in [6.45, 7) is 0.591. The van der Waals surface area contributed by atoms with Crippen LogP contribution in [0, 0.1) is 5.53 Å². The zero-order valence-corrected chi connectivity index (χ0v) is 20.2. The molecule has 190 valence electrons. The molecular weight excluding hydrogens is 462 g/mol. The monoisotopic (exact) mass is 494 g/mol. The summed E-state index contributed by atoms with van der Waals surface area (Å²) in [6, 6.07) is 17.8. The number of guanidine groups is 1. The van der Waals surface area contributed by atoms with Crippen molar-refractivity contribution in [1.29, 1.82) is 5.53 Å². The quantitative estimate of drug-likeness (QED) is 0.0981. The van der Waals surface area contributed by atoms with Gasteiger partial charge in [0.1, 0.15) is 16.7 Å². The molecule has 2 aromatic rings. The molecule has 0 bridgehead atoms. The Hall–Kier alpha value is -4.57. The van der Waals surface area contributed by atoms with Gasteiger partial charge in [0.05, 0.1) is 0 Å². The number of aliphatic imine (C=N–C) groups is 1. The van der Waals surface area contributed by atoms with Crippen molar-refractivity contribution in [3.63, 3.8) is 0 Å². The van der Waals surface area contributed by atoms with Gasteiger partial charge in [0.15, 0.2) is 5.96 Å². The number of hydrogen-bond donors (Lipinski definition) is 5. The van der Waals surface area contributed by atoms with Gasteiger partial charge in [0, 0.05) is 26.7 Å². The Morgan fingerprint density at radius 1 is 1.03 bits per heavy atom. The van der Waals surface area contributed by atoms with Gasteiger partial charge in [-0.25, -0.2) is 4.79 Å². The third-order valence-electron chi connectivity index (χ3n) is 5.06. The van der Waals surface area contributed by atoms with Gasteiger partial charge >= 0.3 is 6.03 Å². The molecule has 0 aliphatic rings. The molecule has 0 spiro atoms. The smallest absolute Gasteiger partial charge is 0.321 e. The van der Waals surface area contributed by atoms with Crippen molar-refractivity contribution >= 4 is 23.8 Å². The number of carbonyl (C=O) groups excluding carboxylic acids is 3. The van der Waals surface area contributed by atoms with Crippen molar-refractivity contribution in [2.75, 3.05) is 20.1 Å². The molecule has 0 radical (unpaired) electrons. The lowest BCUT2D eigenvalue weighted by Gasteiger charge is -2.28. The summed E-state index contributed by atoms with van der Waals surface area (Å²) in [5.41, 5.74) is 14.3. The van der Waals surface area contributed by atoms with E-state index in [4.69, 9.17) is 11.3 Å². The second kappa shape index (κ2) is 15.4. The van der Waals surface area contributed by atoms with Gasteiger partial charge in [-0.05, 0) is 24.0 Å². The van der Waals surface area contributed by atoms with Gasteiger partial charge in [-0.3, -0.25) is 19.9 Å². The molecule has 0 saturated heterocycles. The molecule has 12 nitrogen and oxygen atoms in total. The highest BCUT2D eigenvalue weighted by molar-refractivity contribution is 5.95. The third-order valence-corrected chi connectivity index (χ3v) is 5.06. The highest BCUT2D eigenvalue weighted by Crippen LogP contribution is 2.14. The minimum atomic E-state index is -0.853. The van der Waals surface area contributed by atoms with Crippen LogP contribution in [0.3, 0.4) is 0 Å². The number of urea groups is 1. The average Bonchev–Trinajstić information content (AvgIpc) is 2.89. The molecule has 0 aliphatic carbocycles. The number of nitrogens with one attached hydrogen (secondary N) is 4. The lowest BCUT2D eigenvalue weighted by molar-refractivity contribution is -0.137. The summed E-state index contributed by atoms with van der Waals surface area (Å²) in [4.78, 5) is 45.9. The summed E-state index contributed by atoms with van der Waals surface area (Å²) in [7, 11) is 1.46. The molecule has 0 saturated carbocycles. The van der Waals surface area contributed by atoms with E-state index >= 15 is 0 Å². The van der Waals surface area contributed by atoms with Crippen LogP contribution in [0.25, 0.3) is 0 Å². The average molecular weight is 495 g/mol. The molecule has 4 amide bonds. The Morgan fingerprint density at radius 2 is 1.61 bits per heavy atom. The minimum absolute atomic E-state index is 0.0492. The van der Waals surface area contributed by atoms with E-state index in [1.165, 1.54) is 7.05 Å². The van der Waals surface area contributed by atoms with E-state index in [0.29, 0.717) is 19.5 Å². The molecule has 2 rings (SSSR count). The Bertz CT molecular complexity index is 1030. The first kappa shape index (κ1) is 27.7. The van der Waals surface area contributed by atoms with E-state index in [-0.39, 0.29) is 31.4 Å². The first-order chi connectivity index (χ1) is 17.4. The van der Waals surface area contributed by atoms with Crippen molar-refractivity contribution in [1.82, 2.24) is 25.8 Å². The lowest BCUT2D eigenvalue weighted by atomic mass is 10.1. The van der Waals surface area contributed by atoms with Crippen molar-refractivity contribution < 1.29 is 14.4 Å². The minimum Gasteiger partial charge on any atom is -0.370 e. The van der Waals surface area contributed by atoms with Gasteiger partial charge in [-0.2, -0.15) is 0 Å². The number of nitrogens with zero attached hydrogens (tertiary/aromatic N) is 4. The molecule has 0 aliphatic heterocycles. The van der Waals surface area contributed by atoms with Crippen LogP contribution in [-0.4, -0.2) is 54.9 Å². The van der Waals surface area contributed by atoms with Crippen LogP contribution in [-0.2, 0) is 22.7 Å². The normalized spacial score (nSPS) is 11.5. The first-order valence-corrected chi connectivity index (χ1v) is 11.4. The molecule has 1 atom stereocenters. The predicted octanol–water partition coefficient (Wildman–Crippen LogP) is 1.27. The van der Waals surface area contributed by atoms with Gasteiger partial charge in [0.2, 0.25) is 23.3 Å². The molecule has 2 aromatic carbocycles. The molecule has 0 aromatic heterocycles. The maximum Gasteiger partial charge on any atom is 0.321 e. The fourth-order valence-corrected chi connectivity index (χ4v) is 3.35. The summed E-state index contributed by atoms with van der Waals surface area (Å²) >= 11 is 0. The molecular formula is C24H32N9O3+. The van der Waals surface area contributed by atoms with Gasteiger partial charge in [0.25, 0.3) is 0 Å². The van der Waals surface area contributed by atoms with Crippen molar-refractivity contribution in [3.8, 4) is 0 Å². The molecule has 12 heteroatoms.